The smallest absolute Gasteiger partial charge is 0.326 e. The summed E-state index contributed by atoms with van der Waals surface area (Å²) in [6, 6.07) is 2.53. The van der Waals surface area contributed by atoms with E-state index in [1.54, 1.807) is 30.3 Å². The van der Waals surface area contributed by atoms with E-state index in [1.165, 1.54) is 6.92 Å². The SMILES string of the molecule is CC(=O)N[C@@H](Cc1ccccc1)C(=O)N[C@@H](CCC(=O)O)C(=O)N[C@@H](CCC(=O)O)C(=O)N[C@@H](CCC(=O)O)C(=O)O. The minimum Gasteiger partial charge on any atom is -0.481 e. The first-order chi connectivity index (χ1) is 19.7. The zero-order valence-electron chi connectivity index (χ0n) is 22.7. The van der Waals surface area contributed by atoms with Crippen molar-refractivity contribution in [1.82, 2.24) is 21.3 Å². The second-order valence-corrected chi connectivity index (χ2v) is 9.26. The van der Waals surface area contributed by atoms with E-state index in [4.69, 9.17) is 15.3 Å². The predicted octanol–water partition coefficient (Wildman–Crippen LogP) is -1.13. The number of carbonyl (C=O) groups is 8. The van der Waals surface area contributed by atoms with Gasteiger partial charge in [0.25, 0.3) is 0 Å². The third-order valence-corrected chi connectivity index (χ3v) is 5.80. The van der Waals surface area contributed by atoms with Crippen molar-refractivity contribution in [2.75, 3.05) is 0 Å². The minimum atomic E-state index is -1.67. The van der Waals surface area contributed by atoms with Gasteiger partial charge in [-0.1, -0.05) is 30.3 Å². The molecule has 0 fully saturated rings. The molecule has 0 unspecified atom stereocenters. The summed E-state index contributed by atoms with van der Waals surface area (Å²) in [6.45, 7) is 1.17. The summed E-state index contributed by atoms with van der Waals surface area (Å²) in [5, 5.41) is 45.4. The Morgan fingerprint density at radius 2 is 0.952 bits per heavy atom. The molecule has 0 aliphatic rings. The molecule has 230 valence electrons. The molecule has 16 nitrogen and oxygen atoms in total. The summed E-state index contributed by atoms with van der Waals surface area (Å²) in [5.41, 5.74) is 0.666. The summed E-state index contributed by atoms with van der Waals surface area (Å²) >= 11 is 0. The van der Waals surface area contributed by atoms with Gasteiger partial charge in [0.15, 0.2) is 0 Å². The molecule has 42 heavy (non-hydrogen) atoms. The van der Waals surface area contributed by atoms with Crippen LogP contribution in [0.2, 0.25) is 0 Å². The van der Waals surface area contributed by atoms with Gasteiger partial charge >= 0.3 is 23.9 Å². The molecular formula is C26H34N4O12. The lowest BCUT2D eigenvalue weighted by Crippen LogP contribution is -2.58. The van der Waals surface area contributed by atoms with Crippen molar-refractivity contribution in [3.63, 3.8) is 0 Å². The van der Waals surface area contributed by atoms with Crippen LogP contribution in [0.1, 0.15) is 51.0 Å². The van der Waals surface area contributed by atoms with Gasteiger partial charge in [-0.25, -0.2) is 4.79 Å². The number of carboxylic acid groups (broad SMARTS) is 4. The second kappa shape index (κ2) is 17.6. The molecule has 1 aromatic carbocycles. The molecule has 0 aliphatic heterocycles. The Bertz CT molecular complexity index is 1160. The van der Waals surface area contributed by atoms with Crippen LogP contribution in [-0.4, -0.2) is 92.1 Å². The number of hydrogen-bond donors (Lipinski definition) is 8. The largest absolute Gasteiger partial charge is 0.481 e. The number of hydrogen-bond acceptors (Lipinski definition) is 8. The number of carbonyl (C=O) groups excluding carboxylic acids is 4. The Kier molecular flexibility index (Phi) is 14.7. The molecule has 0 saturated carbocycles. The third-order valence-electron chi connectivity index (χ3n) is 5.80. The maximum absolute atomic E-state index is 13.2. The van der Waals surface area contributed by atoms with E-state index in [2.05, 4.69) is 21.3 Å². The Morgan fingerprint density at radius 3 is 1.33 bits per heavy atom. The zero-order chi connectivity index (χ0) is 31.8. The Hall–Kier alpha value is -5.02. The molecule has 1 rings (SSSR count). The summed E-state index contributed by atoms with van der Waals surface area (Å²) in [7, 11) is 0. The molecule has 1 aromatic rings. The van der Waals surface area contributed by atoms with E-state index in [9.17, 15) is 43.5 Å². The first-order valence-corrected chi connectivity index (χ1v) is 12.8. The van der Waals surface area contributed by atoms with E-state index in [1.807, 2.05) is 0 Å². The van der Waals surface area contributed by atoms with Crippen molar-refractivity contribution < 1.29 is 58.8 Å². The van der Waals surface area contributed by atoms with Crippen molar-refractivity contribution in [2.24, 2.45) is 0 Å². The van der Waals surface area contributed by atoms with E-state index >= 15 is 0 Å². The van der Waals surface area contributed by atoms with E-state index in [0.29, 0.717) is 5.56 Å². The quantitative estimate of drug-likeness (QED) is 0.0945. The highest BCUT2D eigenvalue weighted by molar-refractivity contribution is 5.95. The summed E-state index contributed by atoms with van der Waals surface area (Å²) in [6.07, 6.45) is -3.28. The van der Waals surface area contributed by atoms with Crippen LogP contribution in [0, 0.1) is 0 Å². The molecule has 0 saturated heterocycles. The van der Waals surface area contributed by atoms with Gasteiger partial charge in [-0.3, -0.25) is 33.6 Å². The number of benzene rings is 1. The van der Waals surface area contributed by atoms with Gasteiger partial charge in [0.05, 0.1) is 0 Å². The Balaban J connectivity index is 3.17. The lowest BCUT2D eigenvalue weighted by Gasteiger charge is -2.25. The Morgan fingerprint density at radius 1 is 0.571 bits per heavy atom. The Labute approximate surface area is 239 Å². The molecule has 4 amide bonds. The normalized spacial score (nSPS) is 13.4. The molecule has 0 radical (unpaired) electrons. The fraction of sp³-hybridized carbons (Fsp3) is 0.462. The van der Waals surface area contributed by atoms with Gasteiger partial charge in [0.1, 0.15) is 24.2 Å². The minimum absolute atomic E-state index is 0.0239. The van der Waals surface area contributed by atoms with Crippen LogP contribution in [0.15, 0.2) is 30.3 Å². The summed E-state index contributed by atoms with van der Waals surface area (Å²) in [4.78, 5) is 95.5. The van der Waals surface area contributed by atoms with Crippen LogP contribution in [0.25, 0.3) is 0 Å². The standard InChI is InChI=1S/C26H34N4O12/c1-14(31)27-19(13-15-5-3-2-4-6-15)25(40)29-16(7-10-20(32)33)23(38)28-17(8-11-21(34)35)24(39)30-18(26(41)42)9-12-22(36)37/h2-6,16-19H,7-13H2,1H3,(H,27,31)(H,28,38)(H,29,40)(H,30,39)(H,32,33)(H,34,35)(H,36,37)(H,41,42)/t16-,17-,18-,19-/m0/s1. The summed E-state index contributed by atoms with van der Waals surface area (Å²) in [5.74, 6) is -9.16. The molecular weight excluding hydrogens is 560 g/mol. The molecule has 8 N–H and O–H groups in total. The van der Waals surface area contributed by atoms with E-state index < -0.39 is 110 Å². The average Bonchev–Trinajstić information content (AvgIpc) is 2.90. The van der Waals surface area contributed by atoms with Crippen molar-refractivity contribution in [2.45, 2.75) is 76.0 Å². The van der Waals surface area contributed by atoms with Crippen molar-refractivity contribution in [3.05, 3.63) is 35.9 Å². The number of amides is 4. The first-order valence-electron chi connectivity index (χ1n) is 12.8. The molecule has 0 aromatic heterocycles. The lowest BCUT2D eigenvalue weighted by atomic mass is 10.0. The fourth-order valence-corrected chi connectivity index (χ4v) is 3.72. The van der Waals surface area contributed by atoms with E-state index in [0.717, 1.165) is 0 Å². The van der Waals surface area contributed by atoms with Gasteiger partial charge in [-0.2, -0.15) is 0 Å². The lowest BCUT2D eigenvalue weighted by molar-refractivity contribution is -0.144. The topological polar surface area (TPSA) is 266 Å². The zero-order valence-corrected chi connectivity index (χ0v) is 22.7. The molecule has 0 spiro atoms. The van der Waals surface area contributed by atoms with Crippen LogP contribution < -0.4 is 21.3 Å². The van der Waals surface area contributed by atoms with Crippen LogP contribution >= 0.6 is 0 Å². The van der Waals surface area contributed by atoms with Crippen molar-refractivity contribution in [3.8, 4) is 0 Å². The van der Waals surface area contributed by atoms with Gasteiger partial charge < -0.3 is 41.7 Å². The maximum atomic E-state index is 13.2. The third kappa shape index (κ3) is 13.9. The van der Waals surface area contributed by atoms with Gasteiger partial charge in [0, 0.05) is 32.6 Å². The number of carboxylic acids is 4. The monoisotopic (exact) mass is 594 g/mol. The molecule has 0 heterocycles. The maximum Gasteiger partial charge on any atom is 0.326 e. The number of aliphatic carboxylic acids is 4. The highest BCUT2D eigenvalue weighted by atomic mass is 16.4. The van der Waals surface area contributed by atoms with E-state index in [-0.39, 0.29) is 6.42 Å². The second-order valence-electron chi connectivity index (χ2n) is 9.26. The van der Waals surface area contributed by atoms with Crippen LogP contribution in [0.3, 0.4) is 0 Å². The summed E-state index contributed by atoms with van der Waals surface area (Å²) < 4.78 is 0. The molecule has 16 heteroatoms. The van der Waals surface area contributed by atoms with Gasteiger partial charge in [0.2, 0.25) is 23.6 Å². The highest BCUT2D eigenvalue weighted by Crippen LogP contribution is 2.08. The fourth-order valence-electron chi connectivity index (χ4n) is 3.72. The van der Waals surface area contributed by atoms with Gasteiger partial charge in [-0.15, -0.1) is 0 Å². The first kappa shape index (κ1) is 35.0. The highest BCUT2D eigenvalue weighted by Gasteiger charge is 2.32. The van der Waals surface area contributed by atoms with Crippen molar-refractivity contribution in [1.29, 1.82) is 0 Å². The average molecular weight is 595 g/mol. The van der Waals surface area contributed by atoms with Crippen molar-refractivity contribution >= 4 is 47.5 Å². The van der Waals surface area contributed by atoms with Crippen LogP contribution in [0.5, 0.6) is 0 Å². The predicted molar refractivity (Wildman–Crippen MR) is 142 cm³/mol. The molecule has 4 atom stereocenters. The van der Waals surface area contributed by atoms with Crippen LogP contribution in [-0.2, 0) is 44.8 Å². The number of nitrogens with one attached hydrogen (secondary N) is 4. The molecule has 0 aliphatic carbocycles. The molecule has 0 bridgehead atoms. The van der Waals surface area contributed by atoms with Crippen LogP contribution in [0.4, 0.5) is 0 Å². The van der Waals surface area contributed by atoms with Gasteiger partial charge in [-0.05, 0) is 24.8 Å². The number of rotatable bonds is 19.